The number of hydrogen-bond donors (Lipinski definition) is 1. The predicted octanol–water partition coefficient (Wildman–Crippen LogP) is 4.54. The quantitative estimate of drug-likeness (QED) is 0.552. The van der Waals surface area contributed by atoms with Crippen LogP contribution in [0.2, 0.25) is 5.02 Å². The molecule has 0 saturated carbocycles. The van der Waals surface area contributed by atoms with Crippen LogP contribution in [-0.4, -0.2) is 21.6 Å². The van der Waals surface area contributed by atoms with Crippen LogP contribution in [0.4, 0.5) is 0 Å². The minimum Gasteiger partial charge on any atom is -0.496 e. The summed E-state index contributed by atoms with van der Waals surface area (Å²) < 4.78 is 7.57. The van der Waals surface area contributed by atoms with Gasteiger partial charge in [0.2, 0.25) is 0 Å². The number of imidazole rings is 1. The van der Waals surface area contributed by atoms with E-state index in [-0.39, 0.29) is 5.56 Å². The van der Waals surface area contributed by atoms with E-state index in [4.69, 9.17) is 16.3 Å². The molecule has 0 aliphatic carbocycles. The number of fused-ring (bicyclic) bond motifs is 3. The van der Waals surface area contributed by atoms with Crippen LogP contribution in [0.3, 0.4) is 0 Å². The van der Waals surface area contributed by atoms with E-state index in [0.717, 1.165) is 40.6 Å². The second-order valence-corrected chi connectivity index (χ2v) is 7.05. The number of nitrogens with one attached hydrogen (secondary N) is 1. The molecule has 138 valence electrons. The van der Waals surface area contributed by atoms with Crippen molar-refractivity contribution >= 4 is 33.5 Å². The topological polar surface area (TPSA) is 59.9 Å². The number of rotatable bonds is 5. The van der Waals surface area contributed by atoms with E-state index in [1.807, 2.05) is 16.7 Å². The Morgan fingerprint density at radius 3 is 2.85 bits per heavy atom. The molecule has 0 bridgehead atoms. The summed E-state index contributed by atoms with van der Waals surface area (Å²) in [5.41, 5.74) is 4.00. The highest BCUT2D eigenvalue weighted by Gasteiger charge is 2.14. The molecule has 4 aromatic rings. The molecule has 2 aromatic carbocycles. The molecule has 0 aliphatic rings. The standard InChI is InChI=1S/C21H20ClN3O2/c1-3-4-13-5-6-14(18(9-13)27-2)11-25-12-23-19-20(25)16-10-15(22)7-8-17(16)24-21(19)26/h5-10,12H,3-4,11H2,1-2H3,(H,24,26). The largest absolute Gasteiger partial charge is 0.496 e. The average Bonchev–Trinajstić information content (AvgIpc) is 3.08. The fourth-order valence-corrected chi connectivity index (χ4v) is 3.67. The van der Waals surface area contributed by atoms with Crippen molar-refractivity contribution in [3.05, 3.63) is 69.2 Å². The van der Waals surface area contributed by atoms with Crippen LogP contribution in [0.1, 0.15) is 24.5 Å². The van der Waals surface area contributed by atoms with Crippen LogP contribution in [0.25, 0.3) is 21.9 Å². The Balaban J connectivity index is 1.87. The van der Waals surface area contributed by atoms with Crippen molar-refractivity contribution in [1.82, 2.24) is 14.5 Å². The summed E-state index contributed by atoms with van der Waals surface area (Å²) in [6.45, 7) is 2.71. The van der Waals surface area contributed by atoms with E-state index < -0.39 is 0 Å². The normalized spacial score (nSPS) is 11.4. The molecule has 0 saturated heterocycles. The monoisotopic (exact) mass is 381 g/mol. The Bertz CT molecular complexity index is 1190. The zero-order valence-electron chi connectivity index (χ0n) is 15.3. The lowest BCUT2D eigenvalue weighted by molar-refractivity contribution is 0.408. The van der Waals surface area contributed by atoms with Crippen LogP contribution in [0, 0.1) is 0 Å². The Kier molecular flexibility index (Phi) is 4.62. The first-order valence-electron chi connectivity index (χ1n) is 8.93. The molecule has 4 rings (SSSR count). The lowest BCUT2D eigenvalue weighted by Gasteiger charge is -2.12. The number of H-pyrrole nitrogens is 1. The third-order valence-corrected chi connectivity index (χ3v) is 5.00. The number of aromatic nitrogens is 3. The van der Waals surface area contributed by atoms with Gasteiger partial charge in [-0.15, -0.1) is 0 Å². The average molecular weight is 382 g/mol. The van der Waals surface area contributed by atoms with Gasteiger partial charge < -0.3 is 14.3 Å². The number of ether oxygens (including phenoxy) is 1. The van der Waals surface area contributed by atoms with Gasteiger partial charge in [0.25, 0.3) is 5.56 Å². The molecule has 0 spiro atoms. The maximum Gasteiger partial charge on any atom is 0.276 e. The first-order chi connectivity index (χ1) is 13.1. The van der Waals surface area contributed by atoms with Crippen LogP contribution >= 0.6 is 11.6 Å². The van der Waals surface area contributed by atoms with Gasteiger partial charge >= 0.3 is 0 Å². The molecule has 6 heteroatoms. The Morgan fingerprint density at radius 1 is 1.22 bits per heavy atom. The molecular weight excluding hydrogens is 362 g/mol. The highest BCUT2D eigenvalue weighted by atomic mass is 35.5. The van der Waals surface area contributed by atoms with Crippen LogP contribution in [0.5, 0.6) is 5.75 Å². The summed E-state index contributed by atoms with van der Waals surface area (Å²) >= 11 is 6.19. The predicted molar refractivity (Wildman–Crippen MR) is 109 cm³/mol. The van der Waals surface area contributed by atoms with Gasteiger partial charge in [-0.25, -0.2) is 4.98 Å². The molecular formula is C21H20ClN3O2. The van der Waals surface area contributed by atoms with Gasteiger partial charge in [0.05, 0.1) is 31.0 Å². The van der Waals surface area contributed by atoms with E-state index in [2.05, 4.69) is 35.1 Å². The number of methoxy groups -OCH3 is 1. The Hall–Kier alpha value is -2.79. The van der Waals surface area contributed by atoms with Crippen molar-refractivity contribution in [2.75, 3.05) is 7.11 Å². The van der Waals surface area contributed by atoms with Gasteiger partial charge in [-0.2, -0.15) is 0 Å². The molecule has 0 unspecified atom stereocenters. The van der Waals surface area contributed by atoms with Gasteiger partial charge in [-0.1, -0.05) is 37.1 Å². The van der Waals surface area contributed by atoms with Crippen LogP contribution in [-0.2, 0) is 13.0 Å². The molecule has 1 N–H and O–H groups in total. The summed E-state index contributed by atoms with van der Waals surface area (Å²) in [5, 5.41) is 1.49. The number of pyridine rings is 1. The molecule has 0 atom stereocenters. The first kappa shape index (κ1) is 17.6. The van der Waals surface area contributed by atoms with Gasteiger partial charge in [-0.3, -0.25) is 4.79 Å². The lowest BCUT2D eigenvalue weighted by atomic mass is 10.1. The maximum atomic E-state index is 12.4. The maximum absolute atomic E-state index is 12.4. The summed E-state index contributed by atoms with van der Waals surface area (Å²) in [6, 6.07) is 11.7. The third kappa shape index (κ3) is 3.19. The van der Waals surface area contributed by atoms with Crippen molar-refractivity contribution in [1.29, 1.82) is 0 Å². The number of halogens is 1. The summed E-state index contributed by atoms with van der Waals surface area (Å²) in [7, 11) is 1.68. The molecule has 0 radical (unpaired) electrons. The van der Waals surface area contributed by atoms with E-state index in [1.165, 1.54) is 5.56 Å². The van der Waals surface area contributed by atoms with Crippen molar-refractivity contribution in [3.8, 4) is 5.75 Å². The van der Waals surface area contributed by atoms with Crippen molar-refractivity contribution in [3.63, 3.8) is 0 Å². The molecule has 27 heavy (non-hydrogen) atoms. The number of nitrogens with zero attached hydrogens (tertiary/aromatic N) is 2. The smallest absolute Gasteiger partial charge is 0.276 e. The van der Waals surface area contributed by atoms with Crippen molar-refractivity contribution in [2.24, 2.45) is 0 Å². The number of aryl methyl sites for hydroxylation is 1. The second kappa shape index (κ2) is 7.08. The molecule has 0 amide bonds. The van der Waals surface area contributed by atoms with Crippen LogP contribution in [0.15, 0.2) is 47.5 Å². The second-order valence-electron chi connectivity index (χ2n) is 6.61. The molecule has 0 fully saturated rings. The molecule has 2 aromatic heterocycles. The van der Waals surface area contributed by atoms with E-state index in [9.17, 15) is 4.79 Å². The van der Waals surface area contributed by atoms with Gasteiger partial charge in [0.15, 0.2) is 5.52 Å². The van der Waals surface area contributed by atoms with E-state index in [1.54, 1.807) is 19.5 Å². The van der Waals surface area contributed by atoms with E-state index in [0.29, 0.717) is 17.1 Å². The van der Waals surface area contributed by atoms with Gasteiger partial charge in [0, 0.05) is 16.0 Å². The Labute approximate surface area is 161 Å². The highest BCUT2D eigenvalue weighted by molar-refractivity contribution is 6.31. The highest BCUT2D eigenvalue weighted by Crippen LogP contribution is 2.27. The number of hydrogen-bond acceptors (Lipinski definition) is 3. The third-order valence-electron chi connectivity index (χ3n) is 4.77. The zero-order valence-corrected chi connectivity index (χ0v) is 16.0. The molecule has 5 nitrogen and oxygen atoms in total. The van der Waals surface area contributed by atoms with Crippen molar-refractivity contribution in [2.45, 2.75) is 26.3 Å². The minimum atomic E-state index is -0.205. The SMILES string of the molecule is CCCc1ccc(Cn2cnc3c(=O)[nH]c4ccc(Cl)cc4c32)c(OC)c1. The number of aromatic amines is 1. The van der Waals surface area contributed by atoms with E-state index >= 15 is 0 Å². The zero-order chi connectivity index (χ0) is 19.0. The van der Waals surface area contributed by atoms with Crippen molar-refractivity contribution < 1.29 is 4.74 Å². The first-order valence-corrected chi connectivity index (χ1v) is 9.30. The summed E-state index contributed by atoms with van der Waals surface area (Å²) in [6.07, 6.45) is 3.80. The van der Waals surface area contributed by atoms with Gasteiger partial charge in [-0.05, 0) is 36.2 Å². The fourth-order valence-electron chi connectivity index (χ4n) is 3.50. The Morgan fingerprint density at radius 2 is 2.07 bits per heavy atom. The van der Waals surface area contributed by atoms with Crippen LogP contribution < -0.4 is 10.3 Å². The summed E-state index contributed by atoms with van der Waals surface area (Å²) in [5.74, 6) is 0.843. The van der Waals surface area contributed by atoms with Gasteiger partial charge in [0.1, 0.15) is 5.75 Å². The minimum absolute atomic E-state index is 0.205. The molecule has 2 heterocycles. The fraction of sp³-hybridized carbons (Fsp3) is 0.238. The number of benzene rings is 2. The summed E-state index contributed by atoms with van der Waals surface area (Å²) in [4.78, 5) is 19.6. The lowest BCUT2D eigenvalue weighted by Crippen LogP contribution is -2.08. The molecule has 0 aliphatic heterocycles.